The van der Waals surface area contributed by atoms with E-state index in [2.05, 4.69) is 56.9 Å². The van der Waals surface area contributed by atoms with E-state index in [9.17, 15) is 0 Å². The summed E-state index contributed by atoms with van der Waals surface area (Å²) in [6, 6.07) is 7.33. The fourth-order valence-electron chi connectivity index (χ4n) is 5.50. The molecule has 2 aliphatic heterocycles. The molecular formula is C23H33NO2. The molecule has 0 spiro atoms. The molecule has 2 bridgehead atoms. The molecule has 0 aromatic heterocycles. The summed E-state index contributed by atoms with van der Waals surface area (Å²) in [7, 11) is 1.77. The Labute approximate surface area is 158 Å². The molecule has 3 nitrogen and oxygen atoms in total. The minimum atomic E-state index is -0.0255. The predicted octanol–water partition coefficient (Wildman–Crippen LogP) is 4.34. The highest BCUT2D eigenvalue weighted by Gasteiger charge is 2.57. The predicted molar refractivity (Wildman–Crippen MR) is 106 cm³/mol. The van der Waals surface area contributed by atoms with Crippen molar-refractivity contribution in [3.63, 3.8) is 0 Å². The van der Waals surface area contributed by atoms with Crippen LogP contribution in [0.25, 0.3) is 0 Å². The smallest absolute Gasteiger partial charge is 0.119 e. The maximum absolute atomic E-state index is 6.40. The van der Waals surface area contributed by atoms with Gasteiger partial charge >= 0.3 is 0 Å². The lowest BCUT2D eigenvalue weighted by Gasteiger charge is -2.61. The summed E-state index contributed by atoms with van der Waals surface area (Å²) in [5, 5.41) is 0. The first-order chi connectivity index (χ1) is 12.3. The SMILES string of the molecule is COc1ccc2c(c1)[C@]13CCN(CC=C(C)C)[C@H](C2)[C@@H]1CC(C)(C)OC3. The molecule has 3 heteroatoms. The maximum Gasteiger partial charge on any atom is 0.119 e. The zero-order chi connectivity index (χ0) is 18.5. The van der Waals surface area contributed by atoms with Crippen molar-refractivity contribution >= 4 is 0 Å². The van der Waals surface area contributed by atoms with Crippen molar-refractivity contribution < 1.29 is 9.47 Å². The second kappa shape index (κ2) is 6.38. The monoisotopic (exact) mass is 355 g/mol. The van der Waals surface area contributed by atoms with Crippen LogP contribution in [0.3, 0.4) is 0 Å². The fraction of sp³-hybridized carbons (Fsp3) is 0.652. The van der Waals surface area contributed by atoms with Crippen molar-refractivity contribution in [2.45, 2.75) is 64.0 Å². The van der Waals surface area contributed by atoms with Gasteiger partial charge in [0, 0.05) is 18.0 Å². The summed E-state index contributed by atoms with van der Waals surface area (Å²) < 4.78 is 12.0. The summed E-state index contributed by atoms with van der Waals surface area (Å²) in [6.45, 7) is 12.0. The van der Waals surface area contributed by atoms with Gasteiger partial charge in [0.05, 0.1) is 19.3 Å². The number of fused-ring (bicyclic) bond motifs is 1. The van der Waals surface area contributed by atoms with Gasteiger partial charge in [0.15, 0.2) is 0 Å². The molecule has 1 aromatic carbocycles. The van der Waals surface area contributed by atoms with Crippen molar-refractivity contribution in [1.82, 2.24) is 4.90 Å². The number of methoxy groups -OCH3 is 1. The number of allylic oxidation sites excluding steroid dienone is 1. The minimum Gasteiger partial charge on any atom is -0.497 e. The molecular weight excluding hydrogens is 322 g/mol. The van der Waals surface area contributed by atoms with Crippen LogP contribution in [0.2, 0.25) is 0 Å². The van der Waals surface area contributed by atoms with E-state index in [0.717, 1.165) is 38.3 Å². The second-order valence-electron chi connectivity index (χ2n) is 9.34. The van der Waals surface area contributed by atoms with Gasteiger partial charge in [-0.25, -0.2) is 0 Å². The van der Waals surface area contributed by atoms with E-state index in [1.807, 2.05) is 0 Å². The third-order valence-electron chi connectivity index (χ3n) is 6.94. The van der Waals surface area contributed by atoms with Crippen LogP contribution in [0.5, 0.6) is 5.75 Å². The van der Waals surface area contributed by atoms with Crippen molar-refractivity contribution in [3.8, 4) is 5.75 Å². The molecule has 2 heterocycles. The Balaban J connectivity index is 1.77. The van der Waals surface area contributed by atoms with Gasteiger partial charge in [-0.15, -0.1) is 0 Å². The summed E-state index contributed by atoms with van der Waals surface area (Å²) >= 11 is 0. The first-order valence-electron chi connectivity index (χ1n) is 10.0. The molecule has 0 unspecified atom stereocenters. The maximum atomic E-state index is 6.40. The molecule has 1 aliphatic carbocycles. The molecule has 3 aliphatic rings. The Morgan fingerprint density at radius 3 is 2.88 bits per heavy atom. The average Bonchev–Trinajstić information content (AvgIpc) is 2.60. The zero-order valence-corrected chi connectivity index (χ0v) is 17.0. The van der Waals surface area contributed by atoms with E-state index >= 15 is 0 Å². The number of ether oxygens (including phenoxy) is 2. The van der Waals surface area contributed by atoms with Gasteiger partial charge in [-0.05, 0) is 82.7 Å². The van der Waals surface area contributed by atoms with Crippen LogP contribution in [0, 0.1) is 5.92 Å². The summed E-state index contributed by atoms with van der Waals surface area (Å²) in [4.78, 5) is 2.73. The number of benzene rings is 1. The Morgan fingerprint density at radius 2 is 2.15 bits per heavy atom. The number of likely N-dealkylation sites (tertiary alicyclic amines) is 1. The molecule has 0 N–H and O–H groups in total. The molecule has 142 valence electrons. The zero-order valence-electron chi connectivity index (χ0n) is 17.0. The number of hydrogen-bond donors (Lipinski definition) is 0. The van der Waals surface area contributed by atoms with Crippen LogP contribution in [0.15, 0.2) is 29.8 Å². The first kappa shape index (κ1) is 18.1. The van der Waals surface area contributed by atoms with Crippen LogP contribution in [-0.4, -0.2) is 43.3 Å². The lowest BCUT2D eigenvalue weighted by molar-refractivity contribution is -0.154. The van der Waals surface area contributed by atoms with Crippen LogP contribution in [-0.2, 0) is 16.6 Å². The lowest BCUT2D eigenvalue weighted by Crippen LogP contribution is -2.65. The van der Waals surface area contributed by atoms with Crippen LogP contribution >= 0.6 is 0 Å². The van der Waals surface area contributed by atoms with Crippen LogP contribution in [0.4, 0.5) is 0 Å². The second-order valence-corrected chi connectivity index (χ2v) is 9.34. The van der Waals surface area contributed by atoms with E-state index in [4.69, 9.17) is 9.47 Å². The van der Waals surface area contributed by atoms with Gasteiger partial charge in [-0.3, -0.25) is 4.90 Å². The molecule has 2 saturated heterocycles. The van der Waals surface area contributed by atoms with E-state index in [-0.39, 0.29) is 11.0 Å². The van der Waals surface area contributed by atoms with Crippen molar-refractivity contribution in [2.75, 3.05) is 26.8 Å². The van der Waals surface area contributed by atoms with Gasteiger partial charge in [-0.1, -0.05) is 17.7 Å². The Bertz CT molecular complexity index is 719. The molecule has 4 rings (SSSR count). The van der Waals surface area contributed by atoms with E-state index in [0.29, 0.717) is 12.0 Å². The number of piperidine rings is 1. The Morgan fingerprint density at radius 1 is 1.35 bits per heavy atom. The first-order valence-corrected chi connectivity index (χ1v) is 10.0. The molecule has 0 amide bonds. The Hall–Kier alpha value is -1.32. The minimum absolute atomic E-state index is 0.0255. The number of nitrogens with zero attached hydrogens (tertiary/aromatic N) is 1. The highest BCUT2D eigenvalue weighted by Crippen LogP contribution is 2.55. The average molecular weight is 356 g/mol. The van der Waals surface area contributed by atoms with Gasteiger partial charge in [0.1, 0.15) is 5.75 Å². The fourth-order valence-corrected chi connectivity index (χ4v) is 5.50. The topological polar surface area (TPSA) is 21.7 Å². The van der Waals surface area contributed by atoms with Crippen molar-refractivity contribution in [1.29, 1.82) is 0 Å². The third kappa shape index (κ3) is 2.90. The molecule has 0 saturated carbocycles. The standard InChI is InChI=1S/C23H33NO2/c1-16(2)8-10-24-11-9-23-15-26-22(3,4)14-20(23)21(24)12-17-6-7-18(25-5)13-19(17)23/h6-8,13,20-21H,9-12,14-15H2,1-5H3/t20-,21+,23+/m0/s1. The number of hydrogen-bond acceptors (Lipinski definition) is 3. The molecule has 26 heavy (non-hydrogen) atoms. The van der Waals surface area contributed by atoms with E-state index in [1.165, 1.54) is 23.1 Å². The van der Waals surface area contributed by atoms with Gasteiger partial charge in [0.2, 0.25) is 0 Å². The van der Waals surface area contributed by atoms with Crippen molar-refractivity contribution in [3.05, 3.63) is 41.0 Å². The largest absolute Gasteiger partial charge is 0.497 e. The van der Waals surface area contributed by atoms with E-state index < -0.39 is 0 Å². The molecule has 2 fully saturated rings. The summed E-state index contributed by atoms with van der Waals surface area (Å²) in [5.74, 6) is 1.64. The van der Waals surface area contributed by atoms with Crippen LogP contribution in [0.1, 0.15) is 51.7 Å². The Kier molecular flexibility index (Phi) is 4.44. The molecule has 1 aromatic rings. The van der Waals surface area contributed by atoms with Gasteiger partial charge in [-0.2, -0.15) is 0 Å². The van der Waals surface area contributed by atoms with Gasteiger partial charge in [0.25, 0.3) is 0 Å². The number of rotatable bonds is 3. The van der Waals surface area contributed by atoms with Gasteiger partial charge < -0.3 is 9.47 Å². The molecule has 3 atom stereocenters. The summed E-state index contributed by atoms with van der Waals surface area (Å²) in [5.41, 5.74) is 4.54. The van der Waals surface area contributed by atoms with E-state index in [1.54, 1.807) is 7.11 Å². The highest BCUT2D eigenvalue weighted by molar-refractivity contribution is 5.46. The highest BCUT2D eigenvalue weighted by atomic mass is 16.5. The quantitative estimate of drug-likeness (QED) is 0.753. The third-order valence-corrected chi connectivity index (χ3v) is 6.94. The van der Waals surface area contributed by atoms with Crippen LogP contribution < -0.4 is 4.74 Å². The normalized spacial score (nSPS) is 32.3. The summed E-state index contributed by atoms with van der Waals surface area (Å²) in [6.07, 6.45) is 5.86. The van der Waals surface area contributed by atoms with Crippen molar-refractivity contribution in [2.24, 2.45) is 5.92 Å². The lowest BCUT2D eigenvalue weighted by atomic mass is 9.54. The molecule has 0 radical (unpaired) electrons.